The zero-order valence-electron chi connectivity index (χ0n) is 43.3. The van der Waals surface area contributed by atoms with Crippen LogP contribution in [0.2, 0.25) is 0 Å². The zero-order valence-corrected chi connectivity index (χ0v) is 43.3. The minimum Gasteiger partial charge on any atom is -0.343 e. The molecule has 3 nitrogen and oxygen atoms in total. The van der Waals surface area contributed by atoms with Gasteiger partial charge in [-0.1, -0.05) is 291 Å². The second-order valence-electron chi connectivity index (χ2n) is 20.2. The first-order chi connectivity index (χ1) is 30.2. The highest BCUT2D eigenvalue weighted by atomic mass is 16.2. The van der Waals surface area contributed by atoms with Gasteiger partial charge in [-0.15, -0.1) is 0 Å². The van der Waals surface area contributed by atoms with Gasteiger partial charge in [0.15, 0.2) is 0 Å². The van der Waals surface area contributed by atoms with Crippen LogP contribution in [-0.4, -0.2) is 48.4 Å². The zero-order chi connectivity index (χ0) is 44.2. The van der Waals surface area contributed by atoms with Gasteiger partial charge in [-0.3, -0.25) is 4.79 Å². The van der Waals surface area contributed by atoms with E-state index < -0.39 is 0 Å². The Kier molecular flexibility index (Phi) is 53.3. The van der Waals surface area contributed by atoms with E-state index in [1.807, 2.05) is 0 Å². The van der Waals surface area contributed by atoms with Crippen molar-refractivity contribution in [3.8, 4) is 0 Å². The van der Waals surface area contributed by atoms with Crippen molar-refractivity contribution in [2.24, 2.45) is 0 Å². The molecule has 0 aromatic carbocycles. The minimum absolute atomic E-state index is 0.456. The summed E-state index contributed by atoms with van der Waals surface area (Å²) >= 11 is 0. The van der Waals surface area contributed by atoms with Crippen LogP contribution in [0.4, 0.5) is 0 Å². The fourth-order valence-corrected chi connectivity index (χ4v) is 9.58. The van der Waals surface area contributed by atoms with Gasteiger partial charge in [0.25, 0.3) is 0 Å². The molecule has 0 fully saturated rings. The molecule has 0 aromatic heterocycles. The van der Waals surface area contributed by atoms with Crippen molar-refractivity contribution in [3.63, 3.8) is 0 Å². The van der Waals surface area contributed by atoms with E-state index in [9.17, 15) is 4.79 Å². The first-order valence-electron chi connectivity index (χ1n) is 29.2. The maximum atomic E-state index is 13.6. The highest BCUT2D eigenvalue weighted by Gasteiger charge is 2.13. The molecule has 0 rings (SSSR count). The van der Waals surface area contributed by atoms with Gasteiger partial charge < -0.3 is 9.80 Å². The normalized spacial score (nSPS) is 11.7. The maximum Gasteiger partial charge on any atom is 0.222 e. The number of unbranched alkanes of at least 4 members (excludes halogenated alkanes) is 42. The second kappa shape index (κ2) is 53.8. The smallest absolute Gasteiger partial charge is 0.222 e. The summed E-state index contributed by atoms with van der Waals surface area (Å²) in [4.78, 5) is 18.7. The molecule has 0 saturated carbocycles. The van der Waals surface area contributed by atoms with Crippen molar-refractivity contribution in [2.45, 2.75) is 336 Å². The maximum absolute atomic E-state index is 13.6. The summed E-state index contributed by atoms with van der Waals surface area (Å²) in [5, 5.41) is 0. The molecular formula is C58H118N2O. The summed E-state index contributed by atoms with van der Waals surface area (Å²) in [6.07, 6.45) is 65.9. The molecule has 366 valence electrons. The average Bonchev–Trinajstić information content (AvgIpc) is 3.27. The summed E-state index contributed by atoms with van der Waals surface area (Å²) < 4.78 is 0. The number of rotatable bonds is 54. The number of nitrogens with zero attached hydrogens (tertiary/aromatic N) is 2. The van der Waals surface area contributed by atoms with E-state index in [4.69, 9.17) is 0 Å². The number of amides is 1. The quantitative estimate of drug-likeness (QED) is 0.0569. The van der Waals surface area contributed by atoms with E-state index in [0.29, 0.717) is 5.91 Å². The molecule has 0 aliphatic carbocycles. The molecule has 3 heteroatoms. The van der Waals surface area contributed by atoms with Gasteiger partial charge >= 0.3 is 0 Å². The predicted octanol–water partition coefficient (Wildman–Crippen LogP) is 19.9. The standard InChI is InChI=1S/C58H118N2O/c1-5-9-13-17-21-25-29-33-37-41-47-53-59(54-48-42-38-34-30-26-22-18-14-10-6-2)55-49-45-46-52-58(61)60(56-50-43-39-35-31-27-23-19-15-11-7-3)57-51-44-40-36-32-28-24-20-16-12-8-4/h5-57H2,1-4H3. The summed E-state index contributed by atoms with van der Waals surface area (Å²) in [6, 6.07) is 0. The van der Waals surface area contributed by atoms with Gasteiger partial charge in [0.1, 0.15) is 0 Å². The van der Waals surface area contributed by atoms with Gasteiger partial charge in [-0.05, 0) is 58.2 Å². The second-order valence-corrected chi connectivity index (χ2v) is 20.2. The molecule has 0 atom stereocenters. The molecule has 0 saturated heterocycles. The van der Waals surface area contributed by atoms with E-state index in [2.05, 4.69) is 37.5 Å². The molecule has 0 radical (unpaired) electrons. The fraction of sp³-hybridized carbons (Fsp3) is 0.983. The monoisotopic (exact) mass is 859 g/mol. The summed E-state index contributed by atoms with van der Waals surface area (Å²) in [7, 11) is 0. The SMILES string of the molecule is CCCCCCCCCCCCCN(CCCCCCCCCCCCC)CCCCCC(=O)N(CCCCCCCCCCCCC)CCCCCCCCCCCCC. The largest absolute Gasteiger partial charge is 0.343 e. The van der Waals surface area contributed by atoms with E-state index in [-0.39, 0.29) is 0 Å². The Hall–Kier alpha value is -0.570. The Morgan fingerprint density at radius 2 is 0.410 bits per heavy atom. The van der Waals surface area contributed by atoms with E-state index in [1.165, 1.54) is 315 Å². The Balaban J connectivity index is 4.65. The highest BCUT2D eigenvalue weighted by Crippen LogP contribution is 2.17. The molecule has 0 aliphatic rings. The molecule has 1 amide bonds. The van der Waals surface area contributed by atoms with Crippen molar-refractivity contribution in [2.75, 3.05) is 32.7 Å². The number of hydrogen-bond donors (Lipinski definition) is 0. The highest BCUT2D eigenvalue weighted by molar-refractivity contribution is 5.76. The van der Waals surface area contributed by atoms with E-state index in [0.717, 1.165) is 25.9 Å². The number of hydrogen-bond acceptors (Lipinski definition) is 2. The third kappa shape index (κ3) is 48.7. The van der Waals surface area contributed by atoms with Crippen LogP contribution in [0, 0.1) is 0 Å². The summed E-state index contributed by atoms with van der Waals surface area (Å²) in [6.45, 7) is 15.1. The van der Waals surface area contributed by atoms with Crippen LogP contribution in [0.5, 0.6) is 0 Å². The molecule has 0 heterocycles. The van der Waals surface area contributed by atoms with Gasteiger partial charge in [0.05, 0.1) is 0 Å². The van der Waals surface area contributed by atoms with E-state index in [1.54, 1.807) is 0 Å². The molecule has 0 aliphatic heterocycles. The summed E-state index contributed by atoms with van der Waals surface area (Å²) in [5.74, 6) is 0.456. The topological polar surface area (TPSA) is 23.6 Å². The van der Waals surface area contributed by atoms with Crippen LogP contribution >= 0.6 is 0 Å². The van der Waals surface area contributed by atoms with Crippen molar-refractivity contribution in [1.82, 2.24) is 9.80 Å². The fourth-order valence-electron chi connectivity index (χ4n) is 9.58. The third-order valence-corrected chi connectivity index (χ3v) is 13.9. The molecule has 0 aromatic rings. The van der Waals surface area contributed by atoms with Crippen molar-refractivity contribution < 1.29 is 4.79 Å². The van der Waals surface area contributed by atoms with Crippen molar-refractivity contribution in [1.29, 1.82) is 0 Å². The molecule has 0 N–H and O–H groups in total. The van der Waals surface area contributed by atoms with Crippen LogP contribution < -0.4 is 0 Å². The summed E-state index contributed by atoms with van der Waals surface area (Å²) in [5.41, 5.74) is 0. The van der Waals surface area contributed by atoms with Gasteiger partial charge in [-0.25, -0.2) is 0 Å². The minimum atomic E-state index is 0.456. The average molecular weight is 860 g/mol. The predicted molar refractivity (Wildman–Crippen MR) is 277 cm³/mol. The lowest BCUT2D eigenvalue weighted by Crippen LogP contribution is -2.33. The lowest BCUT2D eigenvalue weighted by Gasteiger charge is -2.24. The first-order valence-corrected chi connectivity index (χ1v) is 29.2. The van der Waals surface area contributed by atoms with Gasteiger partial charge in [0, 0.05) is 19.5 Å². The van der Waals surface area contributed by atoms with Crippen LogP contribution in [0.3, 0.4) is 0 Å². The first kappa shape index (κ1) is 60.4. The van der Waals surface area contributed by atoms with Crippen molar-refractivity contribution >= 4 is 5.91 Å². The van der Waals surface area contributed by atoms with Crippen LogP contribution in [0.25, 0.3) is 0 Å². The van der Waals surface area contributed by atoms with Crippen LogP contribution in [0.15, 0.2) is 0 Å². The number of carbonyl (C=O) groups is 1. The van der Waals surface area contributed by atoms with Gasteiger partial charge in [0.2, 0.25) is 5.91 Å². The van der Waals surface area contributed by atoms with Crippen LogP contribution in [0.1, 0.15) is 336 Å². The molecule has 0 bridgehead atoms. The Morgan fingerprint density at radius 1 is 0.230 bits per heavy atom. The lowest BCUT2D eigenvalue weighted by atomic mass is 10.0. The molecular weight excluding hydrogens is 741 g/mol. The Morgan fingerprint density at radius 3 is 0.639 bits per heavy atom. The Labute approximate surface area is 387 Å². The lowest BCUT2D eigenvalue weighted by molar-refractivity contribution is -0.131. The van der Waals surface area contributed by atoms with Crippen LogP contribution in [-0.2, 0) is 4.79 Å². The molecule has 0 unspecified atom stereocenters. The number of carbonyl (C=O) groups excluding carboxylic acids is 1. The molecule has 61 heavy (non-hydrogen) atoms. The van der Waals surface area contributed by atoms with Gasteiger partial charge in [-0.2, -0.15) is 0 Å². The Bertz CT molecular complexity index is 747. The van der Waals surface area contributed by atoms with Crippen molar-refractivity contribution in [3.05, 3.63) is 0 Å². The third-order valence-electron chi connectivity index (χ3n) is 13.9. The molecule has 0 spiro atoms. The van der Waals surface area contributed by atoms with E-state index >= 15 is 0 Å².